The van der Waals surface area contributed by atoms with Gasteiger partial charge >= 0.3 is 0 Å². The first-order valence-corrected chi connectivity index (χ1v) is 2.15. The van der Waals surface area contributed by atoms with E-state index in [1.54, 1.807) is 6.07 Å². The molecule has 0 rings (SSSR count). The van der Waals surface area contributed by atoms with Crippen molar-refractivity contribution in [3.8, 4) is 6.07 Å². The summed E-state index contributed by atoms with van der Waals surface area (Å²) in [5, 5.41) is 7.57. The van der Waals surface area contributed by atoms with Gasteiger partial charge in [0.1, 0.15) is 11.2 Å². The molecule has 0 heterocycles. The highest BCUT2D eigenvalue weighted by Gasteiger charge is 1.90. The minimum Gasteiger partial charge on any atom is -0.388 e. The van der Waals surface area contributed by atoms with Crippen molar-refractivity contribution in [1.82, 2.24) is 0 Å². The quantitative estimate of drug-likeness (QED) is 0.401. The summed E-state index contributed by atoms with van der Waals surface area (Å²) in [6, 6.07) is 1.55. The van der Waals surface area contributed by atoms with Crippen LogP contribution in [0.1, 0.15) is 0 Å². The summed E-state index contributed by atoms with van der Waals surface area (Å²) < 4.78 is 0. The molecule has 0 saturated carbocycles. The predicted octanol–water partition coefficient (Wildman–Crippen LogP) is 1.12. The Balaban J connectivity index is 4.07. The third-order valence-corrected chi connectivity index (χ3v) is 0.882. The minimum atomic E-state index is -0.165. The van der Waals surface area contributed by atoms with Gasteiger partial charge in [0, 0.05) is 0 Å². The Bertz CT molecular complexity index is 128. The van der Waals surface area contributed by atoms with Gasteiger partial charge in [0.2, 0.25) is 0 Å². The van der Waals surface area contributed by atoms with Crippen LogP contribution in [0.3, 0.4) is 0 Å². The molecule has 0 unspecified atom stereocenters. The Labute approximate surface area is 51.1 Å². The third-order valence-electron chi connectivity index (χ3n) is 0.308. The molecule has 0 aliphatic heterocycles. The molecule has 0 saturated heterocycles. The van der Waals surface area contributed by atoms with Crippen molar-refractivity contribution < 1.29 is 0 Å². The topological polar surface area (TPSA) is 49.8 Å². The Morgan fingerprint density at radius 1 is 1.57 bits per heavy atom. The van der Waals surface area contributed by atoms with Crippen LogP contribution < -0.4 is 5.73 Å². The number of halogens is 2. The SMILES string of the molecule is N#C/C(Cl)=C(\N)Cl. The predicted molar refractivity (Wildman–Crippen MR) is 28.5 cm³/mol. The molecule has 0 bridgehead atoms. The molecule has 0 aliphatic rings. The Morgan fingerprint density at radius 3 is 2.00 bits per heavy atom. The highest BCUT2D eigenvalue weighted by Crippen LogP contribution is 2.04. The smallest absolute Gasteiger partial charge is 0.152 e. The number of nitrogens with two attached hydrogens (primary N) is 1. The van der Waals surface area contributed by atoms with E-state index in [2.05, 4.69) is 0 Å². The van der Waals surface area contributed by atoms with Crippen LogP contribution in [0.15, 0.2) is 10.2 Å². The molecule has 7 heavy (non-hydrogen) atoms. The summed E-state index contributed by atoms with van der Waals surface area (Å²) in [6.45, 7) is 0. The van der Waals surface area contributed by atoms with Crippen LogP contribution in [0.4, 0.5) is 0 Å². The second-order valence-corrected chi connectivity index (χ2v) is 1.56. The van der Waals surface area contributed by atoms with Crippen molar-refractivity contribution in [3.05, 3.63) is 10.2 Å². The van der Waals surface area contributed by atoms with E-state index in [9.17, 15) is 0 Å². The van der Waals surface area contributed by atoms with Crippen molar-refractivity contribution >= 4 is 23.2 Å². The summed E-state index contributed by atoms with van der Waals surface area (Å²) >= 11 is 10.1. The standard InChI is InChI=1S/C3H2Cl2N2/c4-2(1-6)3(5)7/h7H2/b3-2+. The lowest BCUT2D eigenvalue weighted by molar-refractivity contribution is 1.47. The number of hydrogen-bond acceptors (Lipinski definition) is 2. The lowest BCUT2D eigenvalue weighted by Crippen LogP contribution is -1.88. The normalized spacial score (nSPS) is 12.1. The fourth-order valence-electron chi connectivity index (χ4n) is 0.0534. The summed E-state index contributed by atoms with van der Waals surface area (Å²) in [6.07, 6.45) is 0. The largest absolute Gasteiger partial charge is 0.388 e. The monoisotopic (exact) mass is 136 g/mol. The van der Waals surface area contributed by atoms with Crippen molar-refractivity contribution in [2.45, 2.75) is 0 Å². The Hall–Kier alpha value is -0.390. The Kier molecular flexibility index (Phi) is 2.58. The minimum absolute atomic E-state index is 0.163. The lowest BCUT2D eigenvalue weighted by atomic mass is 10.7. The zero-order chi connectivity index (χ0) is 5.86. The summed E-state index contributed by atoms with van der Waals surface area (Å²) in [5.74, 6) is 0. The average Bonchev–Trinajstić information content (AvgIpc) is 1.65. The van der Waals surface area contributed by atoms with Crippen LogP contribution in [0, 0.1) is 11.3 Å². The van der Waals surface area contributed by atoms with E-state index in [4.69, 9.17) is 34.2 Å². The maximum atomic E-state index is 7.90. The first-order chi connectivity index (χ1) is 3.18. The molecule has 0 fully saturated rings. The van der Waals surface area contributed by atoms with Gasteiger partial charge < -0.3 is 5.73 Å². The van der Waals surface area contributed by atoms with Crippen LogP contribution in [0.5, 0.6) is 0 Å². The molecule has 4 heteroatoms. The van der Waals surface area contributed by atoms with E-state index >= 15 is 0 Å². The zero-order valence-electron chi connectivity index (χ0n) is 3.28. The van der Waals surface area contributed by atoms with Gasteiger partial charge in [-0.1, -0.05) is 23.2 Å². The lowest BCUT2D eigenvalue weighted by Gasteiger charge is -1.80. The molecule has 0 aliphatic carbocycles. The second kappa shape index (κ2) is 2.73. The molecule has 0 atom stereocenters. The van der Waals surface area contributed by atoms with Crippen molar-refractivity contribution in [2.75, 3.05) is 0 Å². The van der Waals surface area contributed by atoms with Gasteiger partial charge in [-0.3, -0.25) is 0 Å². The van der Waals surface area contributed by atoms with Crippen LogP contribution in [0.2, 0.25) is 0 Å². The van der Waals surface area contributed by atoms with Crippen LogP contribution in [-0.2, 0) is 0 Å². The van der Waals surface area contributed by atoms with E-state index in [-0.39, 0.29) is 10.2 Å². The van der Waals surface area contributed by atoms with E-state index in [1.165, 1.54) is 0 Å². The Morgan fingerprint density at radius 2 is 2.00 bits per heavy atom. The number of rotatable bonds is 0. The zero-order valence-corrected chi connectivity index (χ0v) is 4.79. The number of nitrogens with zero attached hydrogens (tertiary/aromatic N) is 1. The summed E-state index contributed by atoms with van der Waals surface area (Å²) in [7, 11) is 0. The molecule has 2 N–H and O–H groups in total. The van der Waals surface area contributed by atoms with Gasteiger partial charge in [0.25, 0.3) is 0 Å². The molecule has 0 aromatic heterocycles. The van der Waals surface area contributed by atoms with Crippen molar-refractivity contribution in [1.29, 1.82) is 5.26 Å². The number of nitriles is 1. The second-order valence-electron chi connectivity index (χ2n) is 0.774. The number of allylic oxidation sites excluding steroid dienone is 1. The highest BCUT2D eigenvalue weighted by molar-refractivity contribution is 6.40. The molecular formula is C3H2Cl2N2. The average molecular weight is 137 g/mol. The van der Waals surface area contributed by atoms with Crippen LogP contribution in [-0.4, -0.2) is 0 Å². The van der Waals surface area contributed by atoms with Crippen LogP contribution in [0.25, 0.3) is 0 Å². The van der Waals surface area contributed by atoms with E-state index in [1.807, 2.05) is 0 Å². The van der Waals surface area contributed by atoms with Gasteiger partial charge in [0.05, 0.1) is 0 Å². The maximum absolute atomic E-state index is 7.90. The first kappa shape index (κ1) is 6.61. The molecular weight excluding hydrogens is 135 g/mol. The van der Waals surface area contributed by atoms with Crippen molar-refractivity contribution in [2.24, 2.45) is 5.73 Å². The molecule has 38 valence electrons. The molecule has 0 aromatic rings. The van der Waals surface area contributed by atoms with Gasteiger partial charge in [0.15, 0.2) is 5.03 Å². The molecule has 0 spiro atoms. The molecule has 0 aromatic carbocycles. The van der Waals surface area contributed by atoms with Gasteiger partial charge in [-0.05, 0) is 0 Å². The molecule has 0 radical (unpaired) electrons. The number of hydrogen-bond donors (Lipinski definition) is 1. The van der Waals surface area contributed by atoms with E-state index in [0.29, 0.717) is 0 Å². The van der Waals surface area contributed by atoms with E-state index in [0.717, 1.165) is 0 Å². The fraction of sp³-hybridized carbons (Fsp3) is 0. The van der Waals surface area contributed by atoms with Crippen LogP contribution >= 0.6 is 23.2 Å². The van der Waals surface area contributed by atoms with Gasteiger partial charge in [-0.15, -0.1) is 0 Å². The fourth-order valence-corrected chi connectivity index (χ4v) is 0.0957. The van der Waals surface area contributed by atoms with Crippen molar-refractivity contribution in [3.63, 3.8) is 0 Å². The first-order valence-electron chi connectivity index (χ1n) is 1.39. The third kappa shape index (κ3) is 2.32. The molecule has 0 amide bonds. The van der Waals surface area contributed by atoms with Gasteiger partial charge in [-0.25, -0.2) is 0 Å². The van der Waals surface area contributed by atoms with Gasteiger partial charge in [-0.2, -0.15) is 5.26 Å². The maximum Gasteiger partial charge on any atom is 0.152 e. The van der Waals surface area contributed by atoms with E-state index < -0.39 is 0 Å². The highest BCUT2D eigenvalue weighted by atomic mass is 35.5. The summed E-state index contributed by atoms with van der Waals surface area (Å²) in [4.78, 5) is 0. The summed E-state index contributed by atoms with van der Waals surface area (Å²) in [5.41, 5.74) is 4.84. The molecule has 2 nitrogen and oxygen atoms in total.